The normalized spacial score (nSPS) is 22.5. The van der Waals surface area contributed by atoms with E-state index in [9.17, 15) is 14.4 Å². The third-order valence-electron chi connectivity index (χ3n) is 8.63. The molecule has 1 saturated heterocycles. The molecule has 0 spiro atoms. The van der Waals surface area contributed by atoms with Gasteiger partial charge in [-0.2, -0.15) is 0 Å². The molecule has 1 aromatic heterocycles. The number of methoxy groups -OCH3 is 2. The number of carbonyl (C=O) groups excluding carboxylic acids is 1. The minimum atomic E-state index is -1.40. The van der Waals surface area contributed by atoms with Crippen molar-refractivity contribution < 1.29 is 38.5 Å². The number of carboxylic acid groups (broad SMARTS) is 2. The van der Waals surface area contributed by atoms with E-state index in [1.165, 1.54) is 24.6 Å². The highest BCUT2D eigenvalue weighted by Gasteiger charge is 2.48. The van der Waals surface area contributed by atoms with Gasteiger partial charge in [0.1, 0.15) is 27.3 Å². The molecule has 2 saturated carbocycles. The van der Waals surface area contributed by atoms with E-state index in [-0.39, 0.29) is 18.4 Å². The molecule has 1 aromatic carbocycles. The van der Waals surface area contributed by atoms with Gasteiger partial charge in [-0.1, -0.05) is 43.2 Å². The molecule has 2 N–H and O–H groups in total. The van der Waals surface area contributed by atoms with Crippen LogP contribution in [0.15, 0.2) is 33.6 Å². The van der Waals surface area contributed by atoms with E-state index in [0.29, 0.717) is 69.8 Å². The number of carboxylic acids is 2. The maximum atomic E-state index is 13.6. The van der Waals surface area contributed by atoms with Crippen molar-refractivity contribution in [2.75, 3.05) is 14.2 Å². The number of benzene rings is 1. The molecule has 3 fully saturated rings. The van der Waals surface area contributed by atoms with Crippen LogP contribution in [-0.4, -0.2) is 57.5 Å². The number of thioether (sulfide) groups is 1. The van der Waals surface area contributed by atoms with E-state index in [0.717, 1.165) is 24.0 Å². The first-order valence-corrected chi connectivity index (χ1v) is 15.5. The molecule has 1 amide bonds. The summed E-state index contributed by atoms with van der Waals surface area (Å²) in [6, 6.07) is 7.59. The van der Waals surface area contributed by atoms with Gasteiger partial charge in [0, 0.05) is 23.7 Å². The Bertz CT molecular complexity index is 1380. The van der Waals surface area contributed by atoms with E-state index in [1.807, 2.05) is 23.1 Å². The number of rotatable bonds is 13. The minimum absolute atomic E-state index is 0.0668. The number of fused-ring (bicyclic) bond motifs is 2. The molecule has 1 aliphatic heterocycles. The molecule has 2 aliphatic carbocycles. The Morgan fingerprint density at radius 1 is 1.07 bits per heavy atom. The number of carbonyl (C=O) groups is 3. The van der Waals surface area contributed by atoms with Gasteiger partial charge in [0.2, 0.25) is 0 Å². The quantitative estimate of drug-likeness (QED) is 0.116. The highest BCUT2D eigenvalue weighted by molar-refractivity contribution is 8.26. The van der Waals surface area contributed by atoms with Crippen LogP contribution in [-0.2, 0) is 20.8 Å². The molecule has 2 bridgehead atoms. The number of unbranched alkanes of at least 4 members (excludes halogenated alkanes) is 2. The van der Waals surface area contributed by atoms with E-state index in [4.69, 9.17) is 36.3 Å². The molecule has 3 aliphatic rings. The molecule has 3 unspecified atom stereocenters. The summed E-state index contributed by atoms with van der Waals surface area (Å²) in [5, 5.41) is 18.3. The number of amides is 1. The van der Waals surface area contributed by atoms with E-state index >= 15 is 0 Å². The van der Waals surface area contributed by atoms with Gasteiger partial charge in [0.25, 0.3) is 5.91 Å². The maximum absolute atomic E-state index is 13.6. The summed E-state index contributed by atoms with van der Waals surface area (Å²) in [6.07, 6.45) is 8.87. The lowest BCUT2D eigenvalue weighted by Gasteiger charge is -2.30. The van der Waals surface area contributed by atoms with Gasteiger partial charge in [-0.25, -0.2) is 0 Å². The van der Waals surface area contributed by atoms with Gasteiger partial charge in [0.15, 0.2) is 5.92 Å². The van der Waals surface area contributed by atoms with E-state index in [1.54, 1.807) is 26.4 Å². The number of ether oxygens (including phenoxy) is 2. The number of hydrogen-bond acceptors (Lipinski definition) is 8. The van der Waals surface area contributed by atoms with Crippen molar-refractivity contribution >= 4 is 52.2 Å². The zero-order chi connectivity index (χ0) is 30.0. The maximum Gasteiger partial charge on any atom is 0.317 e. The largest absolute Gasteiger partial charge is 0.497 e. The van der Waals surface area contributed by atoms with Crippen molar-refractivity contribution in [3.8, 4) is 22.8 Å². The average Bonchev–Trinajstić information content (AvgIpc) is 3.74. The molecular weight excluding hydrogens is 578 g/mol. The van der Waals surface area contributed by atoms with Crippen LogP contribution in [0.4, 0.5) is 0 Å². The fourth-order valence-corrected chi connectivity index (χ4v) is 7.80. The summed E-state index contributed by atoms with van der Waals surface area (Å²) < 4.78 is 17.8. The van der Waals surface area contributed by atoms with E-state index < -0.39 is 17.9 Å². The van der Waals surface area contributed by atoms with Gasteiger partial charge in [-0.3, -0.25) is 19.3 Å². The highest BCUT2D eigenvalue weighted by atomic mass is 32.2. The predicted molar refractivity (Wildman–Crippen MR) is 162 cm³/mol. The lowest BCUT2D eigenvalue weighted by atomic mass is 9.94. The Morgan fingerprint density at radius 3 is 2.38 bits per heavy atom. The lowest BCUT2D eigenvalue weighted by molar-refractivity contribution is -0.154. The first-order valence-electron chi connectivity index (χ1n) is 14.3. The number of aryl methyl sites for hydroxylation is 1. The van der Waals surface area contributed by atoms with Crippen LogP contribution >= 0.6 is 24.0 Å². The number of furan rings is 1. The summed E-state index contributed by atoms with van der Waals surface area (Å²) in [5.74, 6) is -0.515. The van der Waals surface area contributed by atoms with Crippen LogP contribution in [0.5, 0.6) is 11.5 Å². The summed E-state index contributed by atoms with van der Waals surface area (Å²) >= 11 is 6.99. The smallest absolute Gasteiger partial charge is 0.317 e. The molecule has 9 nitrogen and oxygen atoms in total. The monoisotopic (exact) mass is 613 g/mol. The fraction of sp³-hybridized carbons (Fsp3) is 0.484. The van der Waals surface area contributed by atoms with Crippen molar-refractivity contribution in [2.45, 2.75) is 63.8 Å². The summed E-state index contributed by atoms with van der Waals surface area (Å²) in [6.45, 7) is 0. The summed E-state index contributed by atoms with van der Waals surface area (Å²) in [5.41, 5.74) is 1.65. The second-order valence-electron chi connectivity index (χ2n) is 11.2. The van der Waals surface area contributed by atoms with Crippen LogP contribution in [0.3, 0.4) is 0 Å². The molecule has 11 heteroatoms. The molecule has 0 radical (unpaired) electrons. The van der Waals surface area contributed by atoms with Crippen LogP contribution in [0.25, 0.3) is 17.4 Å². The fourth-order valence-electron chi connectivity index (χ4n) is 6.46. The van der Waals surface area contributed by atoms with Gasteiger partial charge in [0.05, 0.1) is 19.1 Å². The standard InChI is InChI=1S/C31H35NO8S2/c1-38-21-12-20(13-22(15-21)39-2)25-14-19(6-4-3-5-7-23(29(34)35)30(36)37)26(40-25)16-27-28(33)32(31(41)42-27)24-11-17-8-9-18(24)10-17/h12-18,23-24H,3-11H2,1-2H3,(H,34,35)(H,36,37). The van der Waals surface area contributed by atoms with Gasteiger partial charge in [-0.15, -0.1) is 0 Å². The molecule has 2 heterocycles. The van der Waals surface area contributed by atoms with Crippen LogP contribution in [0.1, 0.15) is 62.7 Å². The van der Waals surface area contributed by atoms with Crippen molar-refractivity contribution in [1.29, 1.82) is 0 Å². The molecule has 2 aromatic rings. The van der Waals surface area contributed by atoms with Crippen molar-refractivity contribution in [3.05, 3.63) is 40.5 Å². The Balaban J connectivity index is 1.37. The zero-order valence-corrected chi connectivity index (χ0v) is 25.3. The van der Waals surface area contributed by atoms with Crippen molar-refractivity contribution in [3.63, 3.8) is 0 Å². The number of hydrogen-bond donors (Lipinski definition) is 2. The van der Waals surface area contributed by atoms with Crippen molar-refractivity contribution in [1.82, 2.24) is 4.90 Å². The first kappa shape index (κ1) is 30.2. The second-order valence-corrected chi connectivity index (χ2v) is 12.9. The van der Waals surface area contributed by atoms with Gasteiger partial charge >= 0.3 is 11.9 Å². The zero-order valence-electron chi connectivity index (χ0n) is 23.7. The predicted octanol–water partition coefficient (Wildman–Crippen LogP) is 6.24. The van der Waals surface area contributed by atoms with Crippen LogP contribution < -0.4 is 9.47 Å². The molecule has 3 atom stereocenters. The van der Waals surface area contributed by atoms with Gasteiger partial charge < -0.3 is 24.1 Å². The molecule has 224 valence electrons. The topological polar surface area (TPSA) is 127 Å². The lowest BCUT2D eigenvalue weighted by Crippen LogP contribution is -2.41. The molecule has 42 heavy (non-hydrogen) atoms. The summed E-state index contributed by atoms with van der Waals surface area (Å²) in [4.78, 5) is 38.4. The highest BCUT2D eigenvalue weighted by Crippen LogP contribution is 2.49. The first-order chi connectivity index (χ1) is 20.2. The summed E-state index contributed by atoms with van der Waals surface area (Å²) in [7, 11) is 3.16. The second kappa shape index (κ2) is 12.9. The number of thiocarbonyl (C=S) groups is 1. The van der Waals surface area contributed by atoms with Crippen LogP contribution in [0, 0.1) is 17.8 Å². The third-order valence-corrected chi connectivity index (χ3v) is 9.96. The number of aliphatic carboxylic acids is 2. The van der Waals surface area contributed by atoms with Crippen molar-refractivity contribution in [2.24, 2.45) is 17.8 Å². The average molecular weight is 614 g/mol. The SMILES string of the molecule is COc1cc(OC)cc(-c2cc(CCCCCC(C(=O)O)C(=O)O)c(C=C3SC(=S)N(C4CC5CCC4C5)C3=O)o2)c1. The Labute approximate surface area is 254 Å². The Morgan fingerprint density at radius 2 is 1.79 bits per heavy atom. The third kappa shape index (κ3) is 6.36. The molecule has 5 rings (SSSR count). The Hall–Kier alpha value is -3.31. The Kier molecular flexibility index (Phi) is 9.27. The van der Waals surface area contributed by atoms with Gasteiger partial charge in [-0.05, 0) is 74.1 Å². The molecular formula is C31H35NO8S2. The van der Waals surface area contributed by atoms with Crippen LogP contribution in [0.2, 0.25) is 0 Å². The minimum Gasteiger partial charge on any atom is -0.497 e. The van der Waals surface area contributed by atoms with E-state index in [2.05, 4.69) is 0 Å². The number of nitrogens with zero attached hydrogens (tertiary/aromatic N) is 1.